The average Bonchev–Trinajstić information content (AvgIpc) is 2.60. The first-order chi connectivity index (χ1) is 6.74. The first kappa shape index (κ1) is 9.34. The Morgan fingerprint density at radius 3 is 2.86 bits per heavy atom. The van der Waals surface area contributed by atoms with Gasteiger partial charge in [-0.05, 0) is 37.5 Å². The standard InChI is InChI=1S/C11H14O3/c1-7-5-10-11(14-6-13-10)9(3-4-12)8(7)2/h5,12H,3-4,6H2,1-2H3. The van der Waals surface area contributed by atoms with Crippen LogP contribution in [-0.2, 0) is 6.42 Å². The van der Waals surface area contributed by atoms with Crippen LogP contribution in [0.25, 0.3) is 0 Å². The quantitative estimate of drug-likeness (QED) is 0.776. The largest absolute Gasteiger partial charge is 0.454 e. The van der Waals surface area contributed by atoms with Crippen molar-refractivity contribution in [2.75, 3.05) is 13.4 Å². The predicted octanol–water partition coefficient (Wildman–Crippen LogP) is 1.57. The number of aryl methyl sites for hydroxylation is 1. The first-order valence-corrected chi connectivity index (χ1v) is 4.73. The fraction of sp³-hybridized carbons (Fsp3) is 0.455. The molecule has 0 aliphatic carbocycles. The molecule has 76 valence electrons. The first-order valence-electron chi connectivity index (χ1n) is 4.73. The van der Waals surface area contributed by atoms with E-state index in [0.717, 1.165) is 17.1 Å². The number of ether oxygens (including phenoxy) is 2. The van der Waals surface area contributed by atoms with Crippen LogP contribution in [0.15, 0.2) is 6.07 Å². The second-order valence-electron chi connectivity index (χ2n) is 3.50. The number of benzene rings is 1. The Morgan fingerprint density at radius 1 is 1.36 bits per heavy atom. The van der Waals surface area contributed by atoms with Gasteiger partial charge < -0.3 is 14.6 Å². The molecule has 0 bridgehead atoms. The molecule has 0 spiro atoms. The van der Waals surface area contributed by atoms with Gasteiger partial charge in [-0.2, -0.15) is 0 Å². The summed E-state index contributed by atoms with van der Waals surface area (Å²) in [5.41, 5.74) is 3.43. The molecule has 0 fully saturated rings. The van der Waals surface area contributed by atoms with Crippen molar-refractivity contribution >= 4 is 0 Å². The van der Waals surface area contributed by atoms with Gasteiger partial charge in [0.2, 0.25) is 6.79 Å². The topological polar surface area (TPSA) is 38.7 Å². The van der Waals surface area contributed by atoms with Crippen LogP contribution in [0.1, 0.15) is 16.7 Å². The van der Waals surface area contributed by atoms with Gasteiger partial charge in [0.05, 0.1) is 0 Å². The van der Waals surface area contributed by atoms with Gasteiger partial charge in [0.25, 0.3) is 0 Å². The predicted molar refractivity (Wildman–Crippen MR) is 52.8 cm³/mol. The van der Waals surface area contributed by atoms with E-state index in [2.05, 4.69) is 0 Å². The van der Waals surface area contributed by atoms with Crippen molar-refractivity contribution in [3.05, 3.63) is 22.8 Å². The maximum atomic E-state index is 8.97. The Morgan fingerprint density at radius 2 is 2.14 bits per heavy atom. The van der Waals surface area contributed by atoms with Crippen molar-refractivity contribution in [2.45, 2.75) is 20.3 Å². The van der Waals surface area contributed by atoms with Crippen molar-refractivity contribution in [3.63, 3.8) is 0 Å². The monoisotopic (exact) mass is 194 g/mol. The van der Waals surface area contributed by atoms with Gasteiger partial charge in [0.15, 0.2) is 11.5 Å². The van der Waals surface area contributed by atoms with Gasteiger partial charge >= 0.3 is 0 Å². The molecule has 0 radical (unpaired) electrons. The lowest BCUT2D eigenvalue weighted by Gasteiger charge is -2.10. The molecule has 1 aliphatic heterocycles. The number of hydrogen-bond acceptors (Lipinski definition) is 3. The fourth-order valence-corrected chi connectivity index (χ4v) is 1.76. The van der Waals surface area contributed by atoms with Gasteiger partial charge in [-0.25, -0.2) is 0 Å². The molecule has 0 saturated carbocycles. The Kier molecular flexibility index (Phi) is 2.33. The summed E-state index contributed by atoms with van der Waals surface area (Å²) >= 11 is 0. The lowest BCUT2D eigenvalue weighted by molar-refractivity contribution is 0.172. The molecule has 2 rings (SSSR count). The van der Waals surface area contributed by atoms with E-state index in [9.17, 15) is 0 Å². The summed E-state index contributed by atoms with van der Waals surface area (Å²) in [6.07, 6.45) is 0.624. The Labute approximate surface area is 83.3 Å². The van der Waals surface area contributed by atoms with Crippen LogP contribution in [0.4, 0.5) is 0 Å². The average molecular weight is 194 g/mol. The van der Waals surface area contributed by atoms with E-state index >= 15 is 0 Å². The molecule has 3 nitrogen and oxygen atoms in total. The summed E-state index contributed by atoms with van der Waals surface area (Å²) < 4.78 is 10.7. The van der Waals surface area contributed by atoms with E-state index in [-0.39, 0.29) is 13.4 Å². The molecule has 0 aromatic heterocycles. The summed E-state index contributed by atoms with van der Waals surface area (Å²) in [5.74, 6) is 1.61. The highest BCUT2D eigenvalue weighted by Crippen LogP contribution is 2.39. The summed E-state index contributed by atoms with van der Waals surface area (Å²) in [6, 6.07) is 1.98. The minimum Gasteiger partial charge on any atom is -0.454 e. The molecule has 1 heterocycles. The van der Waals surface area contributed by atoms with Crippen LogP contribution in [0.3, 0.4) is 0 Å². The van der Waals surface area contributed by atoms with Gasteiger partial charge in [0, 0.05) is 12.2 Å². The summed E-state index contributed by atoms with van der Waals surface area (Å²) in [7, 11) is 0. The van der Waals surface area contributed by atoms with Crippen LogP contribution >= 0.6 is 0 Å². The minimum atomic E-state index is 0.139. The molecule has 0 amide bonds. The summed E-state index contributed by atoms with van der Waals surface area (Å²) in [4.78, 5) is 0. The van der Waals surface area contributed by atoms with Crippen molar-refractivity contribution in [3.8, 4) is 11.5 Å². The second-order valence-corrected chi connectivity index (χ2v) is 3.50. The summed E-state index contributed by atoms with van der Waals surface area (Å²) in [5, 5.41) is 8.97. The molecule has 3 heteroatoms. The normalized spacial score (nSPS) is 13.4. The number of rotatable bonds is 2. The maximum Gasteiger partial charge on any atom is 0.231 e. The van der Waals surface area contributed by atoms with Gasteiger partial charge in [-0.1, -0.05) is 0 Å². The van der Waals surface area contributed by atoms with Crippen LogP contribution in [0.5, 0.6) is 11.5 Å². The Hall–Kier alpha value is -1.22. The number of aliphatic hydroxyl groups excluding tert-OH is 1. The van der Waals surface area contributed by atoms with Crippen LogP contribution in [0.2, 0.25) is 0 Å². The van der Waals surface area contributed by atoms with Crippen molar-refractivity contribution < 1.29 is 14.6 Å². The molecule has 1 aliphatic rings. The molecule has 1 N–H and O–H groups in total. The number of aliphatic hydroxyl groups is 1. The van der Waals surface area contributed by atoms with E-state index in [4.69, 9.17) is 14.6 Å². The van der Waals surface area contributed by atoms with Gasteiger partial charge in [-0.15, -0.1) is 0 Å². The van der Waals surface area contributed by atoms with E-state index in [1.54, 1.807) is 0 Å². The van der Waals surface area contributed by atoms with Crippen molar-refractivity contribution in [1.82, 2.24) is 0 Å². The third kappa shape index (κ3) is 1.34. The molecule has 1 aromatic rings. The van der Waals surface area contributed by atoms with Gasteiger partial charge in [0.1, 0.15) is 0 Å². The number of fused-ring (bicyclic) bond motifs is 1. The highest BCUT2D eigenvalue weighted by molar-refractivity contribution is 5.55. The summed E-state index contributed by atoms with van der Waals surface area (Å²) in [6.45, 7) is 4.51. The molecule has 14 heavy (non-hydrogen) atoms. The highest BCUT2D eigenvalue weighted by Gasteiger charge is 2.20. The van der Waals surface area contributed by atoms with Crippen LogP contribution < -0.4 is 9.47 Å². The fourth-order valence-electron chi connectivity index (χ4n) is 1.76. The van der Waals surface area contributed by atoms with Crippen LogP contribution in [0, 0.1) is 13.8 Å². The van der Waals surface area contributed by atoms with E-state index in [1.807, 2.05) is 19.9 Å². The molecular formula is C11H14O3. The lowest BCUT2D eigenvalue weighted by Crippen LogP contribution is -1.99. The zero-order valence-electron chi connectivity index (χ0n) is 8.46. The second kappa shape index (κ2) is 3.50. The molecule has 1 aromatic carbocycles. The number of hydrogen-bond donors (Lipinski definition) is 1. The minimum absolute atomic E-state index is 0.139. The zero-order chi connectivity index (χ0) is 10.1. The Balaban J connectivity index is 2.54. The van der Waals surface area contributed by atoms with Crippen LogP contribution in [-0.4, -0.2) is 18.5 Å². The lowest BCUT2D eigenvalue weighted by atomic mass is 9.99. The van der Waals surface area contributed by atoms with E-state index in [1.165, 1.54) is 11.1 Å². The smallest absolute Gasteiger partial charge is 0.231 e. The SMILES string of the molecule is Cc1cc2c(c(CCO)c1C)OCO2. The molecule has 0 unspecified atom stereocenters. The molecule has 0 saturated heterocycles. The van der Waals surface area contributed by atoms with E-state index in [0.29, 0.717) is 6.42 Å². The zero-order valence-corrected chi connectivity index (χ0v) is 8.46. The van der Waals surface area contributed by atoms with E-state index < -0.39 is 0 Å². The molecule has 0 atom stereocenters. The van der Waals surface area contributed by atoms with Crippen molar-refractivity contribution in [1.29, 1.82) is 0 Å². The van der Waals surface area contributed by atoms with Gasteiger partial charge in [-0.3, -0.25) is 0 Å². The highest BCUT2D eigenvalue weighted by atomic mass is 16.7. The third-order valence-electron chi connectivity index (χ3n) is 2.67. The maximum absolute atomic E-state index is 8.97. The molecular weight excluding hydrogens is 180 g/mol. The third-order valence-corrected chi connectivity index (χ3v) is 2.67. The Bertz CT molecular complexity index is 358. The van der Waals surface area contributed by atoms with Crippen molar-refractivity contribution in [2.24, 2.45) is 0 Å².